The molecule has 5 heteroatoms. The Bertz CT molecular complexity index is 601. The summed E-state index contributed by atoms with van der Waals surface area (Å²) < 4.78 is 5.14. The van der Waals surface area contributed by atoms with E-state index in [-0.39, 0.29) is 0 Å². The van der Waals surface area contributed by atoms with Crippen molar-refractivity contribution < 1.29 is 4.74 Å². The SMILES string of the molecule is COc1cc(C)c(-c2ncsc2C#N)cc1Cl. The van der Waals surface area contributed by atoms with Gasteiger partial charge in [-0.3, -0.25) is 0 Å². The fourth-order valence-corrected chi connectivity index (χ4v) is 2.42. The molecule has 2 aromatic rings. The number of rotatable bonds is 2. The van der Waals surface area contributed by atoms with Crippen molar-refractivity contribution in [1.29, 1.82) is 5.26 Å². The van der Waals surface area contributed by atoms with Gasteiger partial charge < -0.3 is 4.74 Å². The van der Waals surface area contributed by atoms with Crippen molar-refractivity contribution in [1.82, 2.24) is 4.98 Å². The van der Waals surface area contributed by atoms with Crippen LogP contribution in [0.25, 0.3) is 11.3 Å². The molecule has 3 nitrogen and oxygen atoms in total. The van der Waals surface area contributed by atoms with E-state index in [9.17, 15) is 0 Å². The molecule has 86 valence electrons. The average Bonchev–Trinajstić information content (AvgIpc) is 2.79. The van der Waals surface area contributed by atoms with Gasteiger partial charge in [-0.1, -0.05) is 11.6 Å². The first-order valence-corrected chi connectivity index (χ1v) is 6.11. The summed E-state index contributed by atoms with van der Waals surface area (Å²) in [5.74, 6) is 0.627. The monoisotopic (exact) mass is 264 g/mol. The quantitative estimate of drug-likeness (QED) is 0.832. The van der Waals surface area contributed by atoms with Gasteiger partial charge in [0.2, 0.25) is 0 Å². The third-order valence-corrected chi connectivity index (χ3v) is 3.45. The van der Waals surface area contributed by atoms with E-state index >= 15 is 0 Å². The van der Waals surface area contributed by atoms with Crippen molar-refractivity contribution in [3.05, 3.63) is 33.1 Å². The van der Waals surface area contributed by atoms with Crippen molar-refractivity contribution in [3.63, 3.8) is 0 Å². The molecule has 17 heavy (non-hydrogen) atoms. The molecule has 0 fully saturated rings. The molecule has 0 unspecified atom stereocenters. The standard InChI is InChI=1S/C12H9ClN2OS/c1-7-3-10(16-2)9(13)4-8(7)12-11(5-14)17-6-15-12/h3-4,6H,1-2H3. The van der Waals surface area contributed by atoms with Gasteiger partial charge in [0.1, 0.15) is 16.7 Å². The van der Waals surface area contributed by atoms with Gasteiger partial charge in [0.05, 0.1) is 23.3 Å². The average molecular weight is 265 g/mol. The molecule has 1 aromatic heterocycles. The third-order valence-electron chi connectivity index (χ3n) is 2.42. The number of ether oxygens (including phenoxy) is 1. The maximum absolute atomic E-state index is 8.99. The largest absolute Gasteiger partial charge is 0.495 e. The smallest absolute Gasteiger partial charge is 0.137 e. The maximum atomic E-state index is 8.99. The number of halogens is 1. The van der Waals surface area contributed by atoms with Crippen LogP contribution in [-0.2, 0) is 0 Å². The fraction of sp³-hybridized carbons (Fsp3) is 0.167. The first-order chi connectivity index (χ1) is 8.17. The summed E-state index contributed by atoms with van der Waals surface area (Å²) in [6, 6.07) is 5.76. The van der Waals surface area contributed by atoms with Crippen LogP contribution >= 0.6 is 22.9 Å². The van der Waals surface area contributed by atoms with Crippen molar-refractivity contribution in [2.45, 2.75) is 6.92 Å². The van der Waals surface area contributed by atoms with E-state index in [1.807, 2.05) is 13.0 Å². The number of thiazole rings is 1. The van der Waals surface area contributed by atoms with Crippen LogP contribution in [0.1, 0.15) is 10.4 Å². The topological polar surface area (TPSA) is 45.9 Å². The summed E-state index contributed by atoms with van der Waals surface area (Å²) in [6.07, 6.45) is 0. The normalized spacial score (nSPS) is 10.0. The number of hydrogen-bond donors (Lipinski definition) is 0. The lowest BCUT2D eigenvalue weighted by molar-refractivity contribution is 0.415. The Hall–Kier alpha value is -1.57. The summed E-state index contributed by atoms with van der Waals surface area (Å²) in [4.78, 5) is 4.80. The Labute approximate surface area is 108 Å². The highest BCUT2D eigenvalue weighted by molar-refractivity contribution is 7.10. The van der Waals surface area contributed by atoms with Gasteiger partial charge >= 0.3 is 0 Å². The second-order valence-corrected chi connectivity index (χ2v) is 4.71. The minimum absolute atomic E-state index is 0.519. The second kappa shape index (κ2) is 4.74. The van der Waals surface area contributed by atoms with Gasteiger partial charge in [0.25, 0.3) is 0 Å². The first-order valence-electron chi connectivity index (χ1n) is 4.85. The van der Waals surface area contributed by atoms with Crippen molar-refractivity contribution >= 4 is 22.9 Å². The highest BCUT2D eigenvalue weighted by Crippen LogP contribution is 2.34. The van der Waals surface area contributed by atoms with Crippen LogP contribution < -0.4 is 4.74 Å². The van der Waals surface area contributed by atoms with Crippen LogP contribution in [0.5, 0.6) is 5.75 Å². The van der Waals surface area contributed by atoms with Gasteiger partial charge in [-0.15, -0.1) is 11.3 Å². The molecule has 1 aromatic carbocycles. The Morgan fingerprint density at radius 1 is 1.47 bits per heavy atom. The zero-order chi connectivity index (χ0) is 12.4. The van der Waals surface area contributed by atoms with E-state index < -0.39 is 0 Å². The predicted octanol–water partition coefficient (Wildman–Crippen LogP) is 3.65. The van der Waals surface area contributed by atoms with E-state index in [1.165, 1.54) is 11.3 Å². The molecule has 0 radical (unpaired) electrons. The zero-order valence-electron chi connectivity index (χ0n) is 9.32. The molecular weight excluding hydrogens is 256 g/mol. The summed E-state index contributed by atoms with van der Waals surface area (Å²) in [5, 5.41) is 9.51. The van der Waals surface area contributed by atoms with Crippen LogP contribution in [0.3, 0.4) is 0 Å². The molecular formula is C12H9ClN2OS. The Morgan fingerprint density at radius 3 is 2.88 bits per heavy atom. The fourth-order valence-electron chi connectivity index (χ4n) is 1.58. The molecule has 2 rings (SSSR count). The summed E-state index contributed by atoms with van der Waals surface area (Å²) in [6.45, 7) is 1.94. The molecule has 0 amide bonds. The summed E-state index contributed by atoms with van der Waals surface area (Å²) in [7, 11) is 1.57. The van der Waals surface area contributed by atoms with E-state index in [0.717, 1.165) is 11.1 Å². The number of methoxy groups -OCH3 is 1. The number of aryl methyl sites for hydroxylation is 1. The molecule has 0 saturated carbocycles. The summed E-state index contributed by atoms with van der Waals surface area (Å²) >= 11 is 7.40. The van der Waals surface area contributed by atoms with Crippen molar-refractivity contribution in [2.75, 3.05) is 7.11 Å². The molecule has 0 aliphatic rings. The van der Waals surface area contributed by atoms with E-state index in [1.54, 1.807) is 18.7 Å². The number of nitriles is 1. The lowest BCUT2D eigenvalue weighted by Gasteiger charge is -2.08. The minimum atomic E-state index is 0.519. The van der Waals surface area contributed by atoms with E-state index in [0.29, 0.717) is 21.3 Å². The number of benzene rings is 1. The second-order valence-electron chi connectivity index (χ2n) is 3.44. The number of nitrogens with zero attached hydrogens (tertiary/aromatic N) is 2. The van der Waals surface area contributed by atoms with Gasteiger partial charge in [-0.05, 0) is 24.6 Å². The molecule has 0 aliphatic heterocycles. The Kier molecular flexibility index (Phi) is 3.32. The highest BCUT2D eigenvalue weighted by atomic mass is 35.5. The lowest BCUT2D eigenvalue weighted by atomic mass is 10.0. The molecule has 0 N–H and O–H groups in total. The van der Waals surface area contributed by atoms with Gasteiger partial charge in [0, 0.05) is 5.56 Å². The van der Waals surface area contributed by atoms with Crippen LogP contribution in [0.15, 0.2) is 17.6 Å². The Morgan fingerprint density at radius 2 is 2.24 bits per heavy atom. The first kappa shape index (κ1) is 11.9. The van der Waals surface area contributed by atoms with E-state index in [4.69, 9.17) is 21.6 Å². The molecule has 1 heterocycles. The Balaban J connectivity index is 2.62. The van der Waals surface area contributed by atoms with Crippen molar-refractivity contribution in [2.24, 2.45) is 0 Å². The van der Waals surface area contributed by atoms with Crippen LogP contribution in [0, 0.1) is 18.3 Å². The van der Waals surface area contributed by atoms with Crippen LogP contribution in [0.4, 0.5) is 0 Å². The molecule has 0 saturated heterocycles. The maximum Gasteiger partial charge on any atom is 0.137 e. The van der Waals surface area contributed by atoms with Crippen LogP contribution in [-0.4, -0.2) is 12.1 Å². The third kappa shape index (κ3) is 2.12. The van der Waals surface area contributed by atoms with Gasteiger partial charge in [0.15, 0.2) is 0 Å². The molecule has 0 atom stereocenters. The zero-order valence-corrected chi connectivity index (χ0v) is 10.9. The summed E-state index contributed by atoms with van der Waals surface area (Å²) in [5.41, 5.74) is 4.19. The molecule has 0 bridgehead atoms. The highest BCUT2D eigenvalue weighted by Gasteiger charge is 2.13. The minimum Gasteiger partial charge on any atom is -0.495 e. The van der Waals surface area contributed by atoms with Gasteiger partial charge in [-0.25, -0.2) is 4.98 Å². The van der Waals surface area contributed by atoms with Crippen molar-refractivity contribution in [3.8, 4) is 23.1 Å². The lowest BCUT2D eigenvalue weighted by Crippen LogP contribution is -1.90. The van der Waals surface area contributed by atoms with Gasteiger partial charge in [-0.2, -0.15) is 5.26 Å². The van der Waals surface area contributed by atoms with Crippen LogP contribution in [0.2, 0.25) is 5.02 Å². The number of hydrogen-bond acceptors (Lipinski definition) is 4. The molecule has 0 aliphatic carbocycles. The molecule has 0 spiro atoms. The number of aromatic nitrogens is 1. The van der Waals surface area contributed by atoms with E-state index in [2.05, 4.69) is 11.1 Å². The predicted molar refractivity (Wildman–Crippen MR) is 68.6 cm³/mol.